The van der Waals surface area contributed by atoms with Gasteiger partial charge in [-0.15, -0.1) is 0 Å². The second kappa shape index (κ2) is 7.60. The number of hydrogen-bond acceptors (Lipinski definition) is 4. The van der Waals surface area contributed by atoms with E-state index in [1.165, 1.54) is 12.8 Å². The molecule has 5 heteroatoms. The van der Waals surface area contributed by atoms with E-state index in [4.69, 9.17) is 10.5 Å². The van der Waals surface area contributed by atoms with Gasteiger partial charge in [0.05, 0.1) is 12.1 Å². The average Bonchev–Trinajstić information content (AvgIpc) is 3.53. The SMILES string of the molecule is Cc1c(NC(=O)c2ccc(OCC3CC3)cc2)ccc2cc([C@@H](C)N)cnc12. The maximum Gasteiger partial charge on any atom is 0.255 e. The molecule has 1 aromatic heterocycles. The van der Waals surface area contributed by atoms with Gasteiger partial charge in [-0.05, 0) is 80.1 Å². The van der Waals surface area contributed by atoms with Crippen LogP contribution in [0.25, 0.3) is 10.9 Å². The first-order valence-electron chi connectivity index (χ1n) is 9.70. The van der Waals surface area contributed by atoms with Gasteiger partial charge in [0.25, 0.3) is 5.91 Å². The molecule has 1 aliphatic rings. The molecule has 2 aromatic carbocycles. The number of nitrogens with zero attached hydrogens (tertiary/aromatic N) is 1. The molecule has 1 saturated carbocycles. The number of aryl methyl sites for hydroxylation is 1. The van der Waals surface area contributed by atoms with Crippen LogP contribution in [0.4, 0.5) is 5.69 Å². The van der Waals surface area contributed by atoms with Crippen LogP contribution < -0.4 is 15.8 Å². The van der Waals surface area contributed by atoms with Gasteiger partial charge in [-0.2, -0.15) is 0 Å². The van der Waals surface area contributed by atoms with Gasteiger partial charge >= 0.3 is 0 Å². The van der Waals surface area contributed by atoms with E-state index < -0.39 is 0 Å². The summed E-state index contributed by atoms with van der Waals surface area (Å²) >= 11 is 0. The second-order valence-corrected chi connectivity index (χ2v) is 7.60. The van der Waals surface area contributed by atoms with Crippen molar-refractivity contribution in [3.8, 4) is 5.75 Å². The topological polar surface area (TPSA) is 77.2 Å². The predicted octanol–water partition coefficient (Wildman–Crippen LogP) is 4.60. The quantitative estimate of drug-likeness (QED) is 0.660. The van der Waals surface area contributed by atoms with Crippen LogP contribution in [-0.2, 0) is 0 Å². The van der Waals surface area contributed by atoms with Crippen molar-refractivity contribution in [2.75, 3.05) is 11.9 Å². The lowest BCUT2D eigenvalue weighted by molar-refractivity contribution is 0.102. The predicted molar refractivity (Wildman–Crippen MR) is 112 cm³/mol. The zero-order valence-electron chi connectivity index (χ0n) is 16.2. The molecule has 144 valence electrons. The number of benzene rings is 2. The van der Waals surface area contributed by atoms with Crippen molar-refractivity contribution in [2.24, 2.45) is 11.7 Å². The maximum atomic E-state index is 12.6. The Morgan fingerprint density at radius 3 is 2.68 bits per heavy atom. The van der Waals surface area contributed by atoms with Crippen LogP contribution in [-0.4, -0.2) is 17.5 Å². The van der Waals surface area contributed by atoms with Crippen LogP contribution >= 0.6 is 0 Å². The van der Waals surface area contributed by atoms with Crippen LogP contribution in [0.5, 0.6) is 5.75 Å². The van der Waals surface area contributed by atoms with Crippen molar-refractivity contribution in [3.05, 3.63) is 65.4 Å². The van der Waals surface area contributed by atoms with Crippen LogP contribution in [0, 0.1) is 12.8 Å². The number of pyridine rings is 1. The highest BCUT2D eigenvalue weighted by atomic mass is 16.5. The summed E-state index contributed by atoms with van der Waals surface area (Å²) in [7, 11) is 0. The zero-order chi connectivity index (χ0) is 19.7. The van der Waals surface area contributed by atoms with Crippen LogP contribution in [0.3, 0.4) is 0 Å². The molecule has 1 atom stereocenters. The monoisotopic (exact) mass is 375 g/mol. The summed E-state index contributed by atoms with van der Waals surface area (Å²) in [5.74, 6) is 1.36. The van der Waals surface area contributed by atoms with Crippen molar-refractivity contribution in [1.82, 2.24) is 4.98 Å². The second-order valence-electron chi connectivity index (χ2n) is 7.60. The van der Waals surface area contributed by atoms with E-state index in [-0.39, 0.29) is 11.9 Å². The van der Waals surface area contributed by atoms with E-state index in [1.54, 1.807) is 18.3 Å². The van der Waals surface area contributed by atoms with Gasteiger partial charge in [0.1, 0.15) is 5.75 Å². The number of rotatable bonds is 6. The fourth-order valence-corrected chi connectivity index (χ4v) is 3.14. The summed E-state index contributed by atoms with van der Waals surface area (Å²) in [6, 6.07) is 13.1. The third kappa shape index (κ3) is 3.99. The highest BCUT2D eigenvalue weighted by Gasteiger charge is 2.21. The number of nitrogens with one attached hydrogen (secondary N) is 1. The average molecular weight is 375 g/mol. The Labute approximate surface area is 164 Å². The number of carbonyl (C=O) groups is 1. The third-order valence-corrected chi connectivity index (χ3v) is 5.20. The molecule has 0 radical (unpaired) electrons. The van der Waals surface area contributed by atoms with Gasteiger partial charge in [0.15, 0.2) is 0 Å². The molecule has 0 bridgehead atoms. The van der Waals surface area contributed by atoms with Crippen molar-refractivity contribution < 1.29 is 9.53 Å². The Morgan fingerprint density at radius 1 is 1.25 bits per heavy atom. The van der Waals surface area contributed by atoms with E-state index in [0.717, 1.165) is 40.1 Å². The normalized spacial score (nSPS) is 14.7. The van der Waals surface area contributed by atoms with E-state index in [2.05, 4.69) is 10.3 Å². The largest absolute Gasteiger partial charge is 0.493 e. The summed E-state index contributed by atoms with van der Waals surface area (Å²) in [6.45, 7) is 4.66. The summed E-state index contributed by atoms with van der Waals surface area (Å²) in [5, 5.41) is 4.01. The van der Waals surface area contributed by atoms with Crippen molar-refractivity contribution in [1.29, 1.82) is 0 Å². The summed E-state index contributed by atoms with van der Waals surface area (Å²) in [5.41, 5.74) is 10.1. The molecule has 1 aliphatic carbocycles. The number of fused-ring (bicyclic) bond motifs is 1. The molecular formula is C23H25N3O2. The fraction of sp³-hybridized carbons (Fsp3) is 0.304. The lowest BCUT2D eigenvalue weighted by atomic mass is 10.0. The first kappa shape index (κ1) is 18.4. The number of hydrogen-bond donors (Lipinski definition) is 2. The highest BCUT2D eigenvalue weighted by Crippen LogP contribution is 2.30. The first-order chi connectivity index (χ1) is 13.5. The Hall–Kier alpha value is -2.92. The molecule has 1 heterocycles. The highest BCUT2D eigenvalue weighted by molar-refractivity contribution is 6.06. The zero-order valence-corrected chi connectivity index (χ0v) is 16.2. The summed E-state index contributed by atoms with van der Waals surface area (Å²) in [6.07, 6.45) is 4.31. The molecule has 1 amide bonds. The van der Waals surface area contributed by atoms with Crippen LogP contribution in [0.1, 0.15) is 47.3 Å². The standard InChI is InChI=1S/C23H25N3O2/c1-14-21(10-7-18-11-19(15(2)24)12-25-22(14)18)26-23(27)17-5-8-20(9-6-17)28-13-16-3-4-16/h5-12,15-16H,3-4,13,24H2,1-2H3,(H,26,27)/t15-/m1/s1. The number of amides is 1. The number of anilines is 1. The van der Waals surface area contributed by atoms with Gasteiger partial charge in [0.2, 0.25) is 0 Å². The molecule has 3 N–H and O–H groups in total. The van der Waals surface area contributed by atoms with E-state index in [9.17, 15) is 4.79 Å². The minimum Gasteiger partial charge on any atom is -0.493 e. The molecular weight excluding hydrogens is 350 g/mol. The molecule has 4 rings (SSSR count). The number of nitrogens with two attached hydrogens (primary N) is 1. The van der Waals surface area contributed by atoms with E-state index >= 15 is 0 Å². The Balaban J connectivity index is 1.49. The van der Waals surface area contributed by atoms with Gasteiger partial charge in [-0.3, -0.25) is 9.78 Å². The van der Waals surface area contributed by atoms with Crippen LogP contribution in [0.15, 0.2) is 48.7 Å². The van der Waals surface area contributed by atoms with Gasteiger partial charge in [-0.1, -0.05) is 6.07 Å². The Kier molecular flexibility index (Phi) is 5.01. The van der Waals surface area contributed by atoms with E-state index in [1.807, 2.05) is 44.2 Å². The molecule has 0 saturated heterocycles. The lowest BCUT2D eigenvalue weighted by Gasteiger charge is -2.13. The number of carbonyl (C=O) groups excluding carboxylic acids is 1. The molecule has 0 aliphatic heterocycles. The fourth-order valence-electron chi connectivity index (χ4n) is 3.14. The van der Waals surface area contributed by atoms with E-state index in [0.29, 0.717) is 11.5 Å². The van der Waals surface area contributed by atoms with Gasteiger partial charge in [0, 0.05) is 28.9 Å². The number of ether oxygens (including phenoxy) is 1. The van der Waals surface area contributed by atoms with Crippen LogP contribution in [0.2, 0.25) is 0 Å². The summed E-state index contributed by atoms with van der Waals surface area (Å²) < 4.78 is 5.73. The molecule has 28 heavy (non-hydrogen) atoms. The van der Waals surface area contributed by atoms with Crippen molar-refractivity contribution in [2.45, 2.75) is 32.7 Å². The third-order valence-electron chi connectivity index (χ3n) is 5.20. The van der Waals surface area contributed by atoms with Gasteiger partial charge < -0.3 is 15.8 Å². The summed E-state index contributed by atoms with van der Waals surface area (Å²) in [4.78, 5) is 17.2. The minimum absolute atomic E-state index is 0.0622. The molecule has 3 aromatic rings. The lowest BCUT2D eigenvalue weighted by Crippen LogP contribution is -2.13. The minimum atomic E-state index is -0.150. The smallest absolute Gasteiger partial charge is 0.255 e. The Bertz CT molecular complexity index is 1010. The molecule has 0 spiro atoms. The molecule has 1 fully saturated rings. The molecule has 0 unspecified atom stereocenters. The Morgan fingerprint density at radius 2 is 2.00 bits per heavy atom. The van der Waals surface area contributed by atoms with Crippen molar-refractivity contribution >= 4 is 22.5 Å². The molecule has 5 nitrogen and oxygen atoms in total. The first-order valence-corrected chi connectivity index (χ1v) is 9.70. The van der Waals surface area contributed by atoms with Gasteiger partial charge in [-0.25, -0.2) is 0 Å². The van der Waals surface area contributed by atoms with Crippen molar-refractivity contribution in [3.63, 3.8) is 0 Å². The maximum absolute atomic E-state index is 12.6. The number of aromatic nitrogens is 1.